The zero-order valence-corrected chi connectivity index (χ0v) is 11.3. The molecular formula is C14H16N2O4. The van der Waals surface area contributed by atoms with Crippen molar-refractivity contribution in [2.45, 2.75) is 32.4 Å². The number of amides is 1. The van der Waals surface area contributed by atoms with Crippen LogP contribution in [0.1, 0.15) is 25.8 Å². The summed E-state index contributed by atoms with van der Waals surface area (Å²) in [7, 11) is 0. The number of nitrogens with zero attached hydrogens (tertiary/aromatic N) is 1. The largest absolute Gasteiger partial charge is 0.481 e. The maximum absolute atomic E-state index is 11.8. The van der Waals surface area contributed by atoms with Gasteiger partial charge in [0.25, 0.3) is 5.91 Å². The minimum absolute atomic E-state index is 0.296. The van der Waals surface area contributed by atoms with Gasteiger partial charge in [-0.2, -0.15) is 5.26 Å². The van der Waals surface area contributed by atoms with Crippen LogP contribution in [0.25, 0.3) is 0 Å². The molecule has 0 heterocycles. The van der Waals surface area contributed by atoms with Gasteiger partial charge in [-0.1, -0.05) is 6.92 Å². The molecule has 106 valence electrons. The number of rotatable bonds is 6. The molecule has 2 N–H and O–H groups in total. The molecule has 2 unspecified atom stereocenters. The van der Waals surface area contributed by atoms with Gasteiger partial charge in [0.1, 0.15) is 11.8 Å². The molecule has 20 heavy (non-hydrogen) atoms. The van der Waals surface area contributed by atoms with Crippen LogP contribution >= 0.6 is 0 Å². The molecule has 1 rings (SSSR count). The highest BCUT2D eigenvalue weighted by atomic mass is 16.5. The second-order valence-electron chi connectivity index (χ2n) is 4.20. The maximum Gasteiger partial charge on any atom is 0.326 e. The summed E-state index contributed by atoms with van der Waals surface area (Å²) in [6.45, 7) is 3.20. The third kappa shape index (κ3) is 4.28. The van der Waals surface area contributed by atoms with Crippen molar-refractivity contribution in [3.05, 3.63) is 29.8 Å². The third-order valence-corrected chi connectivity index (χ3v) is 2.69. The Labute approximate surface area is 117 Å². The predicted octanol–water partition coefficient (Wildman–Crippen LogP) is 1.30. The van der Waals surface area contributed by atoms with E-state index in [0.717, 1.165) is 0 Å². The fourth-order valence-electron chi connectivity index (χ4n) is 1.49. The Hall–Kier alpha value is -2.55. The molecule has 0 aliphatic rings. The monoisotopic (exact) mass is 276 g/mol. The molecule has 0 spiro atoms. The van der Waals surface area contributed by atoms with E-state index in [4.69, 9.17) is 15.1 Å². The Balaban J connectivity index is 2.61. The first-order valence-electron chi connectivity index (χ1n) is 6.18. The van der Waals surface area contributed by atoms with E-state index in [1.54, 1.807) is 31.2 Å². The predicted molar refractivity (Wildman–Crippen MR) is 71.1 cm³/mol. The second kappa shape index (κ2) is 7.14. The van der Waals surface area contributed by atoms with Crippen LogP contribution in [0, 0.1) is 11.3 Å². The number of hydrogen-bond acceptors (Lipinski definition) is 4. The van der Waals surface area contributed by atoms with Crippen molar-refractivity contribution >= 4 is 11.9 Å². The first kappa shape index (κ1) is 15.5. The number of hydrogen-bond donors (Lipinski definition) is 2. The summed E-state index contributed by atoms with van der Waals surface area (Å²) < 4.78 is 5.39. The van der Waals surface area contributed by atoms with Crippen LogP contribution in [0.3, 0.4) is 0 Å². The molecule has 6 heteroatoms. The lowest BCUT2D eigenvalue weighted by Gasteiger charge is -2.17. The second-order valence-corrected chi connectivity index (χ2v) is 4.20. The number of carboxylic acid groups (broad SMARTS) is 1. The zero-order valence-electron chi connectivity index (χ0n) is 11.3. The minimum atomic E-state index is -1.08. The molecular weight excluding hydrogens is 260 g/mol. The van der Waals surface area contributed by atoms with Gasteiger partial charge < -0.3 is 15.2 Å². The molecule has 0 radical (unpaired) electrons. The standard InChI is InChI=1S/C14H16N2O4/c1-3-12(14(18)19)16-13(17)9(2)20-11-6-4-10(8-15)5-7-11/h4-7,9,12H,3H2,1-2H3,(H,16,17)(H,18,19). The SMILES string of the molecule is CCC(NC(=O)C(C)Oc1ccc(C#N)cc1)C(=O)O. The number of aliphatic carboxylic acids is 1. The van der Waals surface area contributed by atoms with Gasteiger partial charge in [-0.3, -0.25) is 4.79 Å². The van der Waals surface area contributed by atoms with Crippen LogP contribution < -0.4 is 10.1 Å². The highest BCUT2D eigenvalue weighted by Gasteiger charge is 2.22. The lowest BCUT2D eigenvalue weighted by molar-refractivity contribution is -0.143. The smallest absolute Gasteiger partial charge is 0.326 e. The van der Waals surface area contributed by atoms with Crippen molar-refractivity contribution in [3.63, 3.8) is 0 Å². The Morgan fingerprint density at radius 1 is 1.40 bits per heavy atom. The number of carbonyl (C=O) groups is 2. The van der Waals surface area contributed by atoms with Crippen molar-refractivity contribution in [3.8, 4) is 11.8 Å². The highest BCUT2D eigenvalue weighted by Crippen LogP contribution is 2.13. The summed E-state index contributed by atoms with van der Waals surface area (Å²) in [5.41, 5.74) is 0.492. The molecule has 0 aliphatic heterocycles. The van der Waals surface area contributed by atoms with Gasteiger partial charge in [0.05, 0.1) is 11.6 Å². The van der Waals surface area contributed by atoms with Crippen LogP contribution in [0.15, 0.2) is 24.3 Å². The van der Waals surface area contributed by atoms with E-state index in [-0.39, 0.29) is 0 Å². The average Bonchev–Trinajstić information content (AvgIpc) is 2.44. The van der Waals surface area contributed by atoms with Gasteiger partial charge in [-0.05, 0) is 37.6 Å². The van der Waals surface area contributed by atoms with Crippen LogP contribution in [-0.4, -0.2) is 29.1 Å². The van der Waals surface area contributed by atoms with Gasteiger partial charge in [0.15, 0.2) is 6.10 Å². The molecule has 6 nitrogen and oxygen atoms in total. The Bertz CT molecular complexity index is 519. The highest BCUT2D eigenvalue weighted by molar-refractivity contribution is 5.86. The van der Waals surface area contributed by atoms with E-state index < -0.39 is 24.0 Å². The summed E-state index contributed by atoms with van der Waals surface area (Å²) in [6, 6.07) is 7.37. The van der Waals surface area contributed by atoms with Crippen LogP contribution in [0.5, 0.6) is 5.75 Å². The van der Waals surface area contributed by atoms with Crippen LogP contribution in [0.4, 0.5) is 0 Å². The molecule has 2 atom stereocenters. The third-order valence-electron chi connectivity index (χ3n) is 2.69. The number of ether oxygens (including phenoxy) is 1. The topological polar surface area (TPSA) is 99.4 Å². The number of carbonyl (C=O) groups excluding carboxylic acids is 1. The first-order valence-corrected chi connectivity index (χ1v) is 6.18. The molecule has 1 aromatic rings. The van der Waals surface area contributed by atoms with Gasteiger partial charge in [-0.15, -0.1) is 0 Å². The average molecular weight is 276 g/mol. The summed E-state index contributed by atoms with van der Waals surface area (Å²) >= 11 is 0. The quantitative estimate of drug-likeness (QED) is 0.816. The minimum Gasteiger partial charge on any atom is -0.481 e. The van der Waals surface area contributed by atoms with Gasteiger partial charge >= 0.3 is 5.97 Å². The lowest BCUT2D eigenvalue weighted by Crippen LogP contribution is -2.45. The molecule has 0 bridgehead atoms. The molecule has 0 saturated heterocycles. The van der Waals surface area contributed by atoms with Crippen LogP contribution in [0.2, 0.25) is 0 Å². The number of nitrogens with one attached hydrogen (secondary N) is 1. The fraction of sp³-hybridized carbons (Fsp3) is 0.357. The van der Waals surface area contributed by atoms with E-state index >= 15 is 0 Å². The molecule has 0 saturated carbocycles. The Kier molecular flexibility index (Phi) is 5.54. The molecule has 1 aromatic carbocycles. The van der Waals surface area contributed by atoms with Crippen molar-refractivity contribution in [1.29, 1.82) is 5.26 Å². The first-order chi connectivity index (χ1) is 9.47. The maximum atomic E-state index is 11.8. The lowest BCUT2D eigenvalue weighted by atomic mass is 10.2. The van der Waals surface area contributed by atoms with E-state index in [0.29, 0.717) is 17.7 Å². The number of nitriles is 1. The fourth-order valence-corrected chi connectivity index (χ4v) is 1.49. The van der Waals surface area contributed by atoms with E-state index in [2.05, 4.69) is 5.32 Å². The normalized spacial score (nSPS) is 12.8. The molecule has 0 fully saturated rings. The van der Waals surface area contributed by atoms with Crippen molar-refractivity contribution in [2.75, 3.05) is 0 Å². The van der Waals surface area contributed by atoms with Gasteiger partial charge in [0.2, 0.25) is 0 Å². The molecule has 1 amide bonds. The summed E-state index contributed by atoms with van der Waals surface area (Å²) in [6.07, 6.45) is -0.527. The van der Waals surface area contributed by atoms with Crippen LogP contribution in [-0.2, 0) is 9.59 Å². The number of benzene rings is 1. The van der Waals surface area contributed by atoms with Gasteiger partial charge in [-0.25, -0.2) is 4.79 Å². The summed E-state index contributed by atoms with van der Waals surface area (Å²) in [4.78, 5) is 22.6. The zero-order chi connectivity index (χ0) is 15.1. The summed E-state index contributed by atoms with van der Waals surface area (Å²) in [5, 5.41) is 19.9. The summed E-state index contributed by atoms with van der Waals surface area (Å²) in [5.74, 6) is -1.13. The Morgan fingerprint density at radius 3 is 2.45 bits per heavy atom. The van der Waals surface area contributed by atoms with E-state index in [1.165, 1.54) is 6.92 Å². The van der Waals surface area contributed by atoms with E-state index in [1.807, 2.05) is 6.07 Å². The van der Waals surface area contributed by atoms with Crippen molar-refractivity contribution < 1.29 is 19.4 Å². The van der Waals surface area contributed by atoms with Gasteiger partial charge in [0, 0.05) is 0 Å². The van der Waals surface area contributed by atoms with E-state index in [9.17, 15) is 9.59 Å². The van der Waals surface area contributed by atoms with Crippen molar-refractivity contribution in [1.82, 2.24) is 5.32 Å². The van der Waals surface area contributed by atoms with Crippen molar-refractivity contribution in [2.24, 2.45) is 0 Å². The molecule has 0 aromatic heterocycles. The number of carboxylic acids is 1. The Morgan fingerprint density at radius 2 is 2.00 bits per heavy atom. The molecule has 0 aliphatic carbocycles.